The molecule has 7 heteroatoms. The maximum absolute atomic E-state index is 9.40. The van der Waals surface area contributed by atoms with Gasteiger partial charge >= 0.3 is 0 Å². The molecule has 1 N–H and O–H groups in total. The highest BCUT2D eigenvalue weighted by Crippen LogP contribution is 2.31. The Hall–Kier alpha value is -1.66. The highest BCUT2D eigenvalue weighted by atomic mass is 35.5. The molecule has 0 bridgehead atoms. The first-order valence-electron chi connectivity index (χ1n) is 5.39. The molecule has 3 aromatic rings. The van der Waals surface area contributed by atoms with E-state index in [0.29, 0.717) is 5.02 Å². The van der Waals surface area contributed by atoms with E-state index in [-0.39, 0.29) is 5.75 Å². The fourth-order valence-electron chi connectivity index (χ4n) is 1.63. The van der Waals surface area contributed by atoms with E-state index in [4.69, 9.17) is 11.6 Å². The number of nitrogens with zero attached hydrogens (tertiary/aromatic N) is 4. The summed E-state index contributed by atoms with van der Waals surface area (Å²) in [7, 11) is 0. The van der Waals surface area contributed by atoms with Crippen molar-refractivity contribution in [3.05, 3.63) is 29.0 Å². The van der Waals surface area contributed by atoms with Gasteiger partial charge in [-0.25, -0.2) is 0 Å². The zero-order chi connectivity index (χ0) is 12.7. The molecular formula is C11H9ClN4OS. The second kappa shape index (κ2) is 4.22. The molecule has 0 unspecified atom stereocenters. The maximum Gasteiger partial charge on any atom is 0.234 e. The number of halogens is 1. The van der Waals surface area contributed by atoms with Gasteiger partial charge in [-0.3, -0.25) is 0 Å². The van der Waals surface area contributed by atoms with Gasteiger partial charge in [0.1, 0.15) is 10.8 Å². The normalized spacial score (nSPS) is 11.2. The topological polar surface area (TPSA) is 63.3 Å². The molecule has 2 heterocycles. The lowest BCUT2D eigenvalue weighted by molar-refractivity contribution is 0.475. The van der Waals surface area contributed by atoms with Crippen LogP contribution in [0.15, 0.2) is 18.2 Å². The molecule has 0 aliphatic rings. The molecule has 0 radical (unpaired) electrons. The SMILES string of the molecule is CCc1nnc2sc(-c3ccc(O)c(Cl)c3)nn12. The Balaban J connectivity index is 2.13. The van der Waals surface area contributed by atoms with Gasteiger partial charge in [0.05, 0.1) is 5.02 Å². The summed E-state index contributed by atoms with van der Waals surface area (Å²) in [4.78, 5) is 0.756. The van der Waals surface area contributed by atoms with Crippen molar-refractivity contribution in [1.82, 2.24) is 19.8 Å². The van der Waals surface area contributed by atoms with Gasteiger partial charge in [0.2, 0.25) is 4.96 Å². The lowest BCUT2D eigenvalue weighted by Gasteiger charge is -1.98. The van der Waals surface area contributed by atoms with E-state index in [1.165, 1.54) is 11.3 Å². The van der Waals surface area contributed by atoms with Gasteiger partial charge in [-0.15, -0.1) is 10.2 Å². The van der Waals surface area contributed by atoms with Gasteiger partial charge in [-0.1, -0.05) is 29.9 Å². The monoisotopic (exact) mass is 280 g/mol. The molecule has 3 rings (SSSR count). The number of hydrogen-bond donors (Lipinski definition) is 1. The van der Waals surface area contributed by atoms with Crippen LogP contribution in [0.3, 0.4) is 0 Å². The fraction of sp³-hybridized carbons (Fsp3) is 0.182. The second-order valence-electron chi connectivity index (χ2n) is 3.74. The third-order valence-electron chi connectivity index (χ3n) is 2.57. The number of phenolic OH excluding ortho intramolecular Hbond substituents is 1. The Morgan fingerprint density at radius 2 is 2.22 bits per heavy atom. The number of phenols is 1. The average Bonchev–Trinajstić information content (AvgIpc) is 2.92. The highest BCUT2D eigenvalue weighted by Gasteiger charge is 2.12. The Morgan fingerprint density at radius 1 is 1.39 bits per heavy atom. The average molecular weight is 281 g/mol. The van der Waals surface area contributed by atoms with Crippen LogP contribution in [0.25, 0.3) is 15.5 Å². The van der Waals surface area contributed by atoms with Gasteiger partial charge in [0.15, 0.2) is 5.82 Å². The number of aromatic hydroxyl groups is 1. The van der Waals surface area contributed by atoms with Crippen LogP contribution in [-0.4, -0.2) is 24.9 Å². The molecule has 0 aliphatic carbocycles. The van der Waals surface area contributed by atoms with Gasteiger partial charge in [0.25, 0.3) is 0 Å². The van der Waals surface area contributed by atoms with Crippen LogP contribution >= 0.6 is 22.9 Å². The number of fused-ring (bicyclic) bond motifs is 1. The summed E-state index contributed by atoms with van der Waals surface area (Å²) < 4.78 is 1.74. The van der Waals surface area contributed by atoms with Crippen molar-refractivity contribution >= 4 is 27.9 Å². The molecule has 0 saturated carbocycles. The fourth-order valence-corrected chi connectivity index (χ4v) is 2.67. The number of aromatic nitrogens is 4. The second-order valence-corrected chi connectivity index (χ2v) is 5.10. The van der Waals surface area contributed by atoms with Crippen molar-refractivity contribution in [1.29, 1.82) is 0 Å². The standard InChI is InChI=1S/C11H9ClN4OS/c1-2-9-13-14-11-16(9)15-10(18-11)6-3-4-8(17)7(12)5-6/h3-5,17H,2H2,1H3. The third kappa shape index (κ3) is 1.74. The van der Waals surface area contributed by atoms with Gasteiger partial charge in [-0.2, -0.15) is 9.61 Å². The van der Waals surface area contributed by atoms with Crippen LogP contribution in [0.2, 0.25) is 5.02 Å². The van der Waals surface area contributed by atoms with Gasteiger partial charge in [0, 0.05) is 12.0 Å². The predicted octanol–water partition coefficient (Wildman–Crippen LogP) is 2.77. The van der Waals surface area contributed by atoms with Crippen LogP contribution in [0.4, 0.5) is 0 Å². The number of aryl methyl sites for hydroxylation is 1. The van der Waals surface area contributed by atoms with Crippen LogP contribution in [0.1, 0.15) is 12.7 Å². The Morgan fingerprint density at radius 3 is 2.94 bits per heavy atom. The molecule has 0 spiro atoms. The van der Waals surface area contributed by atoms with Crippen molar-refractivity contribution in [3.63, 3.8) is 0 Å². The number of rotatable bonds is 2. The maximum atomic E-state index is 9.40. The summed E-state index contributed by atoms with van der Waals surface area (Å²) in [6.07, 6.45) is 0.778. The van der Waals surface area contributed by atoms with Crippen molar-refractivity contribution in [2.45, 2.75) is 13.3 Å². The van der Waals surface area contributed by atoms with Crippen molar-refractivity contribution in [2.24, 2.45) is 0 Å². The largest absolute Gasteiger partial charge is 0.506 e. The van der Waals surface area contributed by atoms with E-state index < -0.39 is 0 Å². The summed E-state index contributed by atoms with van der Waals surface area (Å²) in [5.41, 5.74) is 0.857. The Bertz CT molecular complexity index is 721. The summed E-state index contributed by atoms with van der Waals surface area (Å²) >= 11 is 7.33. The lowest BCUT2D eigenvalue weighted by atomic mass is 10.2. The van der Waals surface area contributed by atoms with Crippen LogP contribution in [0.5, 0.6) is 5.75 Å². The molecule has 0 atom stereocenters. The Kier molecular flexibility index (Phi) is 2.68. The van der Waals surface area contributed by atoms with Crippen LogP contribution in [0, 0.1) is 0 Å². The van der Waals surface area contributed by atoms with Crippen LogP contribution in [-0.2, 0) is 6.42 Å². The summed E-state index contributed by atoms with van der Waals surface area (Å²) in [5, 5.41) is 23.1. The first-order valence-corrected chi connectivity index (χ1v) is 6.58. The first-order chi connectivity index (χ1) is 8.69. The molecule has 0 amide bonds. The minimum Gasteiger partial charge on any atom is -0.506 e. The van der Waals surface area contributed by atoms with E-state index in [1.54, 1.807) is 22.7 Å². The molecule has 0 fully saturated rings. The highest BCUT2D eigenvalue weighted by molar-refractivity contribution is 7.19. The molecule has 0 aliphatic heterocycles. The van der Waals surface area contributed by atoms with E-state index in [1.807, 2.05) is 6.92 Å². The number of hydrogen-bond acceptors (Lipinski definition) is 5. The van der Waals surface area contributed by atoms with E-state index >= 15 is 0 Å². The molecule has 92 valence electrons. The van der Waals surface area contributed by atoms with E-state index in [0.717, 1.165) is 27.8 Å². The van der Waals surface area contributed by atoms with E-state index in [2.05, 4.69) is 15.3 Å². The minimum absolute atomic E-state index is 0.0673. The van der Waals surface area contributed by atoms with Crippen molar-refractivity contribution in [3.8, 4) is 16.3 Å². The van der Waals surface area contributed by atoms with E-state index in [9.17, 15) is 5.11 Å². The molecule has 2 aromatic heterocycles. The minimum atomic E-state index is 0.0673. The molecule has 18 heavy (non-hydrogen) atoms. The first kappa shape index (κ1) is 11.4. The number of benzene rings is 1. The Labute approximate surface area is 112 Å². The van der Waals surface area contributed by atoms with Crippen LogP contribution < -0.4 is 0 Å². The molecular weight excluding hydrogens is 272 g/mol. The van der Waals surface area contributed by atoms with Gasteiger partial charge < -0.3 is 5.11 Å². The zero-order valence-corrected chi connectivity index (χ0v) is 11.0. The summed E-state index contributed by atoms with van der Waals surface area (Å²) in [6, 6.07) is 5.02. The predicted molar refractivity (Wildman–Crippen MR) is 70.1 cm³/mol. The van der Waals surface area contributed by atoms with Crippen molar-refractivity contribution < 1.29 is 5.11 Å². The molecule has 1 aromatic carbocycles. The molecule has 5 nitrogen and oxygen atoms in total. The zero-order valence-electron chi connectivity index (χ0n) is 9.46. The molecule has 0 saturated heterocycles. The summed E-state index contributed by atoms with van der Waals surface area (Å²) in [6.45, 7) is 2.01. The quantitative estimate of drug-likeness (QED) is 0.784. The van der Waals surface area contributed by atoms with Crippen molar-refractivity contribution in [2.75, 3.05) is 0 Å². The smallest absolute Gasteiger partial charge is 0.234 e. The van der Waals surface area contributed by atoms with Gasteiger partial charge in [-0.05, 0) is 18.2 Å². The third-order valence-corrected chi connectivity index (χ3v) is 3.82. The lowest BCUT2D eigenvalue weighted by Crippen LogP contribution is -1.93. The summed E-state index contributed by atoms with van der Waals surface area (Å²) in [5.74, 6) is 0.898.